The van der Waals surface area contributed by atoms with Crippen molar-refractivity contribution in [1.82, 2.24) is 4.98 Å². The first-order valence-electron chi connectivity index (χ1n) is 13.6. The third-order valence-corrected chi connectivity index (χ3v) is 8.01. The number of ether oxygens (including phenoxy) is 4. The molecule has 0 spiro atoms. The van der Waals surface area contributed by atoms with Gasteiger partial charge in [0.2, 0.25) is 0 Å². The van der Waals surface area contributed by atoms with E-state index in [9.17, 15) is 4.79 Å². The lowest BCUT2D eigenvalue weighted by molar-refractivity contribution is 0.162. The second-order valence-electron chi connectivity index (χ2n) is 10.7. The summed E-state index contributed by atoms with van der Waals surface area (Å²) in [6.45, 7) is 10.9. The van der Waals surface area contributed by atoms with E-state index in [1.807, 2.05) is 44.2 Å². The molecule has 8 heteroatoms. The molecule has 216 valence electrons. The number of hydrogen-bond donors (Lipinski definition) is 1. The zero-order valence-electron chi connectivity index (χ0n) is 24.8. The quantitative estimate of drug-likeness (QED) is 0.150. The largest absolute Gasteiger partial charge is 0.493 e. The summed E-state index contributed by atoms with van der Waals surface area (Å²) in [6, 6.07) is 17.8. The van der Waals surface area contributed by atoms with Gasteiger partial charge in [0.15, 0.2) is 11.5 Å². The molecule has 1 aromatic heterocycles. The first-order valence-corrected chi connectivity index (χ1v) is 14.5. The highest BCUT2D eigenvalue weighted by molar-refractivity contribution is 7.99. The second-order valence-corrected chi connectivity index (χ2v) is 11.9. The molecule has 4 aromatic rings. The van der Waals surface area contributed by atoms with Gasteiger partial charge in [0.05, 0.1) is 26.3 Å². The van der Waals surface area contributed by atoms with Crippen LogP contribution in [0, 0.1) is 13.8 Å². The van der Waals surface area contributed by atoms with Crippen LogP contribution in [0.5, 0.6) is 23.0 Å². The Kier molecular flexibility index (Phi) is 9.65. The minimum Gasteiger partial charge on any atom is -0.493 e. The summed E-state index contributed by atoms with van der Waals surface area (Å²) in [5, 5.41) is 3.66. The van der Waals surface area contributed by atoms with Gasteiger partial charge in [-0.05, 0) is 78.8 Å². The zero-order valence-corrected chi connectivity index (χ0v) is 25.6. The second kappa shape index (κ2) is 13.2. The lowest BCUT2D eigenvalue weighted by Gasteiger charge is -2.19. The number of thioether (sulfide) groups is 1. The topological polar surface area (TPSA) is 78.9 Å². The summed E-state index contributed by atoms with van der Waals surface area (Å²) >= 11 is 1.76. The van der Waals surface area contributed by atoms with Gasteiger partial charge in [-0.2, -0.15) is 0 Å². The molecule has 4 rings (SSSR count). The van der Waals surface area contributed by atoms with E-state index in [1.165, 1.54) is 10.5 Å². The maximum absolute atomic E-state index is 12.5. The van der Waals surface area contributed by atoms with Crippen molar-refractivity contribution in [1.29, 1.82) is 0 Å². The predicted octanol–water partition coefficient (Wildman–Crippen LogP) is 8.69. The summed E-state index contributed by atoms with van der Waals surface area (Å²) in [4.78, 5) is 18.1. The van der Waals surface area contributed by atoms with Crippen LogP contribution in [-0.2, 0) is 10.2 Å². The van der Waals surface area contributed by atoms with Gasteiger partial charge in [0.25, 0.3) is 0 Å². The molecule has 1 N–H and O–H groups in total. The number of rotatable bonds is 10. The van der Waals surface area contributed by atoms with Crippen molar-refractivity contribution in [2.24, 2.45) is 0 Å². The fourth-order valence-electron chi connectivity index (χ4n) is 4.31. The van der Waals surface area contributed by atoms with Gasteiger partial charge < -0.3 is 18.9 Å². The number of anilines is 1. The van der Waals surface area contributed by atoms with Gasteiger partial charge in [-0.3, -0.25) is 10.3 Å². The summed E-state index contributed by atoms with van der Waals surface area (Å²) in [7, 11) is 3.19. The number of benzene rings is 3. The van der Waals surface area contributed by atoms with Crippen molar-refractivity contribution in [3.63, 3.8) is 0 Å². The number of carbonyl (C=O) groups excluding carboxylic acids is 1. The van der Waals surface area contributed by atoms with E-state index in [-0.39, 0.29) is 5.41 Å². The molecule has 7 nitrogen and oxygen atoms in total. The van der Waals surface area contributed by atoms with E-state index in [2.05, 4.69) is 55.3 Å². The number of hydrogen-bond acceptors (Lipinski definition) is 7. The Morgan fingerprint density at radius 3 is 2.27 bits per heavy atom. The van der Waals surface area contributed by atoms with Crippen molar-refractivity contribution >= 4 is 34.4 Å². The molecule has 41 heavy (non-hydrogen) atoms. The van der Waals surface area contributed by atoms with Crippen molar-refractivity contribution in [3.8, 4) is 23.0 Å². The molecule has 0 bridgehead atoms. The summed E-state index contributed by atoms with van der Waals surface area (Å²) in [6.07, 6.45) is 1.99. The third kappa shape index (κ3) is 7.44. The molecule has 0 aliphatic carbocycles. The van der Waals surface area contributed by atoms with Gasteiger partial charge >= 0.3 is 6.09 Å². The van der Waals surface area contributed by atoms with Crippen LogP contribution in [0.25, 0.3) is 10.9 Å². The molecule has 0 fully saturated rings. The van der Waals surface area contributed by atoms with Crippen LogP contribution in [-0.4, -0.2) is 37.7 Å². The normalized spacial score (nSPS) is 11.3. The van der Waals surface area contributed by atoms with Crippen LogP contribution in [0.15, 0.2) is 65.7 Å². The van der Waals surface area contributed by atoms with Crippen LogP contribution in [0.4, 0.5) is 10.5 Å². The van der Waals surface area contributed by atoms with Crippen LogP contribution in [0.1, 0.15) is 43.9 Å². The monoisotopic (exact) mass is 574 g/mol. The third-order valence-electron chi connectivity index (χ3n) is 6.91. The average molecular weight is 575 g/mol. The molecule has 1 heterocycles. The van der Waals surface area contributed by atoms with Crippen molar-refractivity contribution in [2.45, 2.75) is 51.3 Å². The first-order chi connectivity index (χ1) is 19.6. The number of fused-ring (bicyclic) bond motifs is 1. The Morgan fingerprint density at radius 2 is 1.59 bits per heavy atom. The number of nitrogens with one attached hydrogen (secondary N) is 1. The average Bonchev–Trinajstić information content (AvgIpc) is 2.96. The molecule has 0 saturated heterocycles. The highest BCUT2D eigenvalue weighted by Gasteiger charge is 2.15. The molecule has 0 radical (unpaired) electrons. The molecular weight excluding hydrogens is 536 g/mol. The van der Waals surface area contributed by atoms with Gasteiger partial charge in [-0.15, -0.1) is 11.8 Å². The van der Waals surface area contributed by atoms with Crippen LogP contribution >= 0.6 is 11.8 Å². The zero-order chi connectivity index (χ0) is 29.6. The Balaban J connectivity index is 1.32. The van der Waals surface area contributed by atoms with Gasteiger partial charge in [0.1, 0.15) is 11.5 Å². The van der Waals surface area contributed by atoms with E-state index in [1.54, 1.807) is 32.2 Å². The standard InChI is InChI=1S/C33H38N2O5S/c1-21-22(2)28(40-29-15-16-34-27-20-31(38-7)30(37-6)19-25(27)29)14-13-26(21)35-32(36)39-17-8-18-41-24-11-9-23(10-12-24)33(3,4)5/h9-16,19-20H,8,17-18H2,1-7H3,(H,35,36). The maximum Gasteiger partial charge on any atom is 0.411 e. The van der Waals surface area contributed by atoms with E-state index in [0.717, 1.165) is 34.2 Å². The smallest absolute Gasteiger partial charge is 0.411 e. The Labute approximate surface area is 246 Å². The molecular formula is C33H38N2O5S. The predicted molar refractivity (Wildman–Crippen MR) is 166 cm³/mol. The fraction of sp³-hybridized carbons (Fsp3) is 0.333. The van der Waals surface area contributed by atoms with E-state index >= 15 is 0 Å². The van der Waals surface area contributed by atoms with Crippen molar-refractivity contribution in [3.05, 3.63) is 77.5 Å². The lowest BCUT2D eigenvalue weighted by atomic mass is 9.87. The van der Waals surface area contributed by atoms with Crippen molar-refractivity contribution in [2.75, 3.05) is 31.9 Å². The highest BCUT2D eigenvalue weighted by atomic mass is 32.2. The van der Waals surface area contributed by atoms with Crippen molar-refractivity contribution < 1.29 is 23.7 Å². The first kappa shape index (κ1) is 30.1. The van der Waals surface area contributed by atoms with Gasteiger partial charge in [-0.1, -0.05) is 32.9 Å². The Hall–Kier alpha value is -3.91. The van der Waals surface area contributed by atoms with Crippen LogP contribution in [0.3, 0.4) is 0 Å². The number of methoxy groups -OCH3 is 2. The van der Waals surface area contributed by atoms with Crippen LogP contribution in [0.2, 0.25) is 0 Å². The molecule has 0 atom stereocenters. The minimum absolute atomic E-state index is 0.146. The molecule has 1 amide bonds. The highest BCUT2D eigenvalue weighted by Crippen LogP contribution is 2.38. The summed E-state index contributed by atoms with van der Waals surface area (Å²) in [5.41, 5.74) is 4.67. The molecule has 0 saturated carbocycles. The van der Waals surface area contributed by atoms with E-state index in [0.29, 0.717) is 35.3 Å². The minimum atomic E-state index is -0.470. The van der Waals surface area contributed by atoms with Crippen LogP contribution < -0.4 is 19.5 Å². The number of pyridine rings is 1. The molecule has 3 aromatic carbocycles. The number of nitrogens with zero attached hydrogens (tertiary/aromatic N) is 1. The van der Waals surface area contributed by atoms with E-state index in [4.69, 9.17) is 18.9 Å². The Morgan fingerprint density at radius 1 is 0.878 bits per heavy atom. The molecule has 0 aliphatic heterocycles. The summed E-state index contributed by atoms with van der Waals surface area (Å²) in [5.74, 6) is 3.38. The lowest BCUT2D eigenvalue weighted by Crippen LogP contribution is -2.15. The fourth-order valence-corrected chi connectivity index (χ4v) is 5.13. The molecule has 0 unspecified atom stereocenters. The molecule has 0 aliphatic rings. The Bertz CT molecular complexity index is 1510. The van der Waals surface area contributed by atoms with Gasteiger partial charge in [-0.25, -0.2) is 4.79 Å². The SMILES string of the molecule is COc1cc2nccc(Oc3ccc(NC(=O)OCCCSc4ccc(C(C)(C)C)cc4)c(C)c3C)c2cc1OC. The maximum atomic E-state index is 12.5. The number of aromatic nitrogens is 1. The summed E-state index contributed by atoms with van der Waals surface area (Å²) < 4.78 is 22.6. The van der Waals surface area contributed by atoms with E-state index < -0.39 is 6.09 Å². The van der Waals surface area contributed by atoms with Gasteiger partial charge in [0, 0.05) is 34.0 Å². The number of carbonyl (C=O) groups is 1. The number of amides is 1.